The molecule has 1 aromatic carbocycles. The van der Waals surface area contributed by atoms with E-state index in [1.165, 1.54) is 24.5 Å². The molecule has 0 bridgehead atoms. The average molecular weight is 440 g/mol. The smallest absolute Gasteiger partial charge is 0.236 e. The number of nitrogens with zero attached hydrogens (tertiary/aromatic N) is 2. The predicted octanol–water partition coefficient (Wildman–Crippen LogP) is 7.23. The van der Waals surface area contributed by atoms with Gasteiger partial charge in [-0.05, 0) is 61.8 Å². The fourth-order valence-corrected chi connectivity index (χ4v) is 3.98. The van der Waals surface area contributed by atoms with Crippen LogP contribution in [-0.2, 0) is 6.42 Å². The van der Waals surface area contributed by atoms with Gasteiger partial charge in [0, 0.05) is 18.8 Å². The Bertz CT molecular complexity index is 965. The molecule has 8 heteroatoms. The van der Waals surface area contributed by atoms with Gasteiger partial charge in [-0.15, -0.1) is 0 Å². The van der Waals surface area contributed by atoms with Crippen LogP contribution < -0.4 is 0 Å². The molecule has 0 N–H and O–H groups in total. The van der Waals surface area contributed by atoms with Gasteiger partial charge in [0.1, 0.15) is 0 Å². The summed E-state index contributed by atoms with van der Waals surface area (Å²) >= 11 is 0. The van der Waals surface area contributed by atoms with Crippen molar-refractivity contribution in [3.63, 3.8) is 0 Å². The van der Waals surface area contributed by atoms with Crippen LogP contribution in [0.5, 0.6) is 0 Å². The summed E-state index contributed by atoms with van der Waals surface area (Å²) in [5, 5.41) is 0. The van der Waals surface area contributed by atoms with Crippen molar-refractivity contribution in [1.29, 1.82) is 0 Å². The zero-order chi connectivity index (χ0) is 22.6. The van der Waals surface area contributed by atoms with Crippen molar-refractivity contribution in [2.75, 3.05) is 0 Å². The Morgan fingerprint density at radius 3 is 2.42 bits per heavy atom. The minimum Gasteiger partial charge on any atom is -0.236 e. The van der Waals surface area contributed by atoms with Crippen LogP contribution in [0, 0.1) is 17.6 Å². The summed E-state index contributed by atoms with van der Waals surface area (Å²) < 4.78 is 83.0. The molecule has 2 unspecified atom stereocenters. The van der Waals surface area contributed by atoms with Gasteiger partial charge in [-0.3, -0.25) is 0 Å². The first kappa shape index (κ1) is 23.0. The van der Waals surface area contributed by atoms with Gasteiger partial charge in [0.2, 0.25) is 0 Å². The Labute approximate surface area is 176 Å². The molecule has 2 nitrogen and oxygen atoms in total. The number of alkyl halides is 2. The third-order valence-electron chi connectivity index (χ3n) is 5.50. The lowest BCUT2D eigenvalue weighted by Crippen LogP contribution is -2.34. The van der Waals surface area contributed by atoms with Crippen molar-refractivity contribution < 1.29 is 26.3 Å². The third-order valence-corrected chi connectivity index (χ3v) is 5.50. The van der Waals surface area contributed by atoms with Crippen LogP contribution in [0.1, 0.15) is 49.7 Å². The third kappa shape index (κ3) is 5.35. The van der Waals surface area contributed by atoms with Gasteiger partial charge in [-0.1, -0.05) is 18.2 Å². The number of benzene rings is 1. The Morgan fingerprint density at radius 1 is 1.10 bits per heavy atom. The van der Waals surface area contributed by atoms with Crippen molar-refractivity contribution in [2.45, 2.75) is 50.9 Å². The van der Waals surface area contributed by atoms with E-state index in [4.69, 9.17) is 0 Å². The molecule has 1 fully saturated rings. The summed E-state index contributed by atoms with van der Waals surface area (Å²) in [7, 11) is 0. The van der Waals surface area contributed by atoms with Gasteiger partial charge in [-0.25, -0.2) is 27.5 Å². The van der Waals surface area contributed by atoms with E-state index in [2.05, 4.69) is 9.97 Å². The molecular weight excluding hydrogens is 418 g/mol. The van der Waals surface area contributed by atoms with Crippen LogP contribution in [0.25, 0.3) is 11.4 Å². The Morgan fingerprint density at radius 2 is 1.81 bits per heavy atom. The van der Waals surface area contributed by atoms with Crippen LogP contribution in [0.4, 0.5) is 26.3 Å². The largest absolute Gasteiger partial charge is 0.266 e. The van der Waals surface area contributed by atoms with Crippen LogP contribution >= 0.6 is 0 Å². The molecule has 166 valence electrons. The van der Waals surface area contributed by atoms with Gasteiger partial charge in [0.15, 0.2) is 17.5 Å². The lowest BCUT2D eigenvalue weighted by Gasteiger charge is -2.35. The van der Waals surface area contributed by atoms with E-state index in [1.807, 2.05) is 0 Å². The quantitative estimate of drug-likeness (QED) is 0.350. The minimum absolute atomic E-state index is 0.0524. The molecule has 1 heterocycles. The molecule has 0 spiro atoms. The number of allylic oxidation sites excluding steroid dienone is 3. The second-order valence-electron chi connectivity index (χ2n) is 7.66. The van der Waals surface area contributed by atoms with E-state index in [0.717, 1.165) is 6.08 Å². The van der Waals surface area contributed by atoms with Crippen LogP contribution in [0.3, 0.4) is 0 Å². The zero-order valence-electron chi connectivity index (χ0n) is 16.9. The lowest BCUT2D eigenvalue weighted by molar-refractivity contribution is -0.0668. The summed E-state index contributed by atoms with van der Waals surface area (Å²) in [6.45, 7) is 1.76. The molecule has 1 saturated carbocycles. The Hall–Kier alpha value is -2.64. The summed E-state index contributed by atoms with van der Waals surface area (Å²) in [5.74, 6) is -7.54. The molecule has 2 atom stereocenters. The molecule has 0 radical (unpaired) electrons. The minimum atomic E-state index is -3.15. The van der Waals surface area contributed by atoms with E-state index < -0.39 is 36.0 Å². The van der Waals surface area contributed by atoms with Gasteiger partial charge < -0.3 is 0 Å². The zero-order valence-corrected chi connectivity index (χ0v) is 16.9. The van der Waals surface area contributed by atoms with E-state index in [9.17, 15) is 26.3 Å². The second kappa shape index (κ2) is 9.66. The molecule has 0 aliphatic heterocycles. The summed E-state index contributed by atoms with van der Waals surface area (Å²) in [5.41, 5.74) is -0.0356. The van der Waals surface area contributed by atoms with Gasteiger partial charge in [0.05, 0.1) is 11.5 Å². The lowest BCUT2D eigenvalue weighted by atomic mass is 9.75. The highest BCUT2D eigenvalue weighted by atomic mass is 19.3. The van der Waals surface area contributed by atoms with Crippen molar-refractivity contribution in [3.8, 4) is 11.4 Å². The maximum Gasteiger partial charge on any atom is 0.266 e. The van der Waals surface area contributed by atoms with Gasteiger partial charge in [-0.2, -0.15) is 8.78 Å². The van der Waals surface area contributed by atoms with Crippen molar-refractivity contribution in [3.05, 3.63) is 71.6 Å². The fourth-order valence-electron chi connectivity index (χ4n) is 3.98. The average Bonchev–Trinajstić information content (AvgIpc) is 2.71. The summed E-state index contributed by atoms with van der Waals surface area (Å²) in [4.78, 5) is 7.94. The first-order valence-corrected chi connectivity index (χ1v) is 10.0. The van der Waals surface area contributed by atoms with Gasteiger partial charge >= 0.3 is 0 Å². The second-order valence-corrected chi connectivity index (χ2v) is 7.66. The number of halogens is 6. The topological polar surface area (TPSA) is 25.8 Å². The molecular formula is C23H22F6N2. The molecule has 1 aliphatic carbocycles. The normalized spacial score (nSPS) is 20.7. The maximum absolute atomic E-state index is 14.8. The van der Waals surface area contributed by atoms with Crippen LogP contribution in [0.2, 0.25) is 0 Å². The summed E-state index contributed by atoms with van der Waals surface area (Å²) in [6, 6.07) is 2.38. The molecule has 0 amide bonds. The highest BCUT2D eigenvalue weighted by molar-refractivity contribution is 5.57. The predicted molar refractivity (Wildman–Crippen MR) is 106 cm³/mol. The van der Waals surface area contributed by atoms with Crippen molar-refractivity contribution >= 4 is 0 Å². The Kier molecular flexibility index (Phi) is 7.18. The van der Waals surface area contributed by atoms with E-state index in [0.29, 0.717) is 12.0 Å². The molecule has 0 saturated heterocycles. The molecule has 1 aliphatic rings. The van der Waals surface area contributed by atoms with E-state index in [1.54, 1.807) is 19.1 Å². The first-order valence-electron chi connectivity index (χ1n) is 10.0. The summed E-state index contributed by atoms with van der Waals surface area (Å²) in [6.07, 6.45) is 5.58. The van der Waals surface area contributed by atoms with E-state index >= 15 is 0 Å². The van der Waals surface area contributed by atoms with Crippen LogP contribution in [0.15, 0.2) is 48.8 Å². The first-order chi connectivity index (χ1) is 14.7. The molecule has 31 heavy (non-hydrogen) atoms. The maximum atomic E-state index is 14.8. The number of aryl methyl sites for hydroxylation is 1. The van der Waals surface area contributed by atoms with Crippen LogP contribution in [-0.4, -0.2) is 15.9 Å². The molecule has 2 aromatic rings. The standard InChI is InChI=1S/C23H22F6N2/c1-2-4-14-7-10-18(23(28,29)11-14)16-8-9-17(21(27)20(16)26)22-30-12-15(13-31-22)5-3-6-19(24)25/h2,4,6,8-9,12-14,18H,3,5,7,10-11H2,1H3/b4-2+. The SMILES string of the molecule is C/C=C/C1CCC(c2ccc(-c3ncc(CCC=C(F)F)cn3)c(F)c2F)C(F)(F)C1. The molecule has 1 aromatic heterocycles. The highest BCUT2D eigenvalue weighted by Gasteiger charge is 2.46. The number of aromatic nitrogens is 2. The highest BCUT2D eigenvalue weighted by Crippen LogP contribution is 2.48. The Balaban J connectivity index is 1.82. The number of hydrogen-bond acceptors (Lipinski definition) is 2. The molecule has 3 rings (SSSR count). The van der Waals surface area contributed by atoms with E-state index in [-0.39, 0.29) is 42.1 Å². The monoisotopic (exact) mass is 440 g/mol. The van der Waals surface area contributed by atoms with Crippen molar-refractivity contribution in [2.24, 2.45) is 5.92 Å². The number of hydrogen-bond donors (Lipinski definition) is 0. The number of rotatable bonds is 6. The van der Waals surface area contributed by atoms with Crippen molar-refractivity contribution in [1.82, 2.24) is 9.97 Å². The fraction of sp³-hybridized carbons (Fsp3) is 0.391. The van der Waals surface area contributed by atoms with Gasteiger partial charge in [0.25, 0.3) is 12.0 Å².